The molecule has 4 heterocycles. The fourth-order valence-electron chi connectivity index (χ4n) is 8.14. The minimum atomic E-state index is -4.56. The number of aromatic nitrogens is 4. The number of aliphatic hydroxyl groups excluding tert-OH is 2. The average Bonchev–Trinajstić information content (AvgIpc) is 3.66. The molecule has 0 amide bonds. The first kappa shape index (κ1) is 60.5. The van der Waals surface area contributed by atoms with E-state index < -0.39 is 129 Å². The van der Waals surface area contributed by atoms with Gasteiger partial charge in [-0.3, -0.25) is 47.3 Å². The quantitative estimate of drug-likeness (QED) is 0.0466. The van der Waals surface area contributed by atoms with E-state index in [1.165, 1.54) is 38.1 Å². The maximum atomic E-state index is 16.0. The van der Waals surface area contributed by atoms with Gasteiger partial charge in [0.2, 0.25) is 0 Å². The Hall–Kier alpha value is -5.74. The Morgan fingerprint density at radius 2 is 1.06 bits per heavy atom. The van der Waals surface area contributed by atoms with E-state index >= 15 is 8.78 Å². The molecule has 2 aliphatic heterocycles. The van der Waals surface area contributed by atoms with Crippen LogP contribution in [0.15, 0.2) is 104 Å². The molecule has 2 aromatic heterocycles. The zero-order valence-corrected chi connectivity index (χ0v) is 44.3. The normalized spacial score (nSPS) is 28.7. The first-order valence-electron chi connectivity index (χ1n) is 24.1. The summed E-state index contributed by atoms with van der Waals surface area (Å²) >= 11 is 0. The third-order valence-corrected chi connectivity index (χ3v) is 15.4. The highest BCUT2D eigenvalue weighted by Gasteiger charge is 2.65. The number of esters is 2. The lowest BCUT2D eigenvalue weighted by Crippen LogP contribution is -2.50. The number of halogens is 2. The second-order valence-electron chi connectivity index (χ2n) is 19.0. The lowest BCUT2D eigenvalue weighted by Gasteiger charge is -2.29. The van der Waals surface area contributed by atoms with Crippen molar-refractivity contribution in [3.8, 4) is 11.5 Å². The molecule has 424 valence electrons. The van der Waals surface area contributed by atoms with Crippen molar-refractivity contribution in [3.05, 3.63) is 127 Å². The van der Waals surface area contributed by atoms with Crippen LogP contribution >= 0.6 is 15.5 Å². The van der Waals surface area contributed by atoms with Gasteiger partial charge >= 0.3 is 38.8 Å². The van der Waals surface area contributed by atoms with Crippen molar-refractivity contribution in [1.29, 1.82) is 0 Å². The van der Waals surface area contributed by atoms with E-state index in [1.54, 1.807) is 50.2 Å². The highest BCUT2D eigenvalue weighted by atomic mass is 31.2. The lowest BCUT2D eigenvalue weighted by atomic mass is 9.95. The van der Waals surface area contributed by atoms with E-state index in [1.807, 2.05) is 9.97 Å². The molecule has 3 aliphatic rings. The number of nitrogens with one attached hydrogen (secondary N) is 4. The molecule has 4 unspecified atom stereocenters. The number of para-hydroxylation sites is 2. The number of carbonyl (C=O) groups excluding carboxylic acids is 2. The van der Waals surface area contributed by atoms with Crippen molar-refractivity contribution < 1.29 is 85.0 Å². The molecule has 12 atom stereocenters. The lowest BCUT2D eigenvalue weighted by molar-refractivity contribution is -0.204. The second-order valence-corrected chi connectivity index (χ2v) is 22.4. The number of ether oxygens (including phenoxy) is 4. The number of hydrogen-bond acceptors (Lipinski definition) is 20. The largest absolute Gasteiger partial charge is 0.462 e. The van der Waals surface area contributed by atoms with Gasteiger partial charge in [0.15, 0.2) is 12.5 Å². The number of aromatic amines is 2. The van der Waals surface area contributed by atoms with Crippen LogP contribution in [-0.2, 0) is 46.7 Å². The molecule has 8 N–H and O–H groups in total. The average molecular weight is 1130 g/mol. The molecule has 2 saturated heterocycles. The molecule has 0 bridgehead atoms. The van der Waals surface area contributed by atoms with Crippen LogP contribution in [0.3, 0.4) is 0 Å². The van der Waals surface area contributed by atoms with Crippen molar-refractivity contribution in [1.82, 2.24) is 29.3 Å². The molecule has 0 radical (unpaired) electrons. The topological polar surface area (TPSA) is 357 Å². The third kappa shape index (κ3) is 14.9. The maximum Gasteiger partial charge on any atom is 0.459 e. The van der Waals surface area contributed by atoms with Gasteiger partial charge in [-0.2, -0.15) is 10.2 Å². The number of alkyl halides is 2. The van der Waals surface area contributed by atoms with E-state index in [9.17, 15) is 58.3 Å². The van der Waals surface area contributed by atoms with Crippen LogP contribution in [0.1, 0.15) is 86.1 Å². The Labute approximate surface area is 437 Å². The summed E-state index contributed by atoms with van der Waals surface area (Å²) in [6.45, 7) is 5.44. The van der Waals surface area contributed by atoms with Crippen LogP contribution in [0.2, 0.25) is 0 Å². The van der Waals surface area contributed by atoms with Crippen LogP contribution in [0.5, 0.6) is 11.5 Å². The molecule has 30 heteroatoms. The van der Waals surface area contributed by atoms with Crippen LogP contribution in [0, 0.1) is 0 Å². The third-order valence-electron chi connectivity index (χ3n) is 12.1. The predicted octanol–water partition coefficient (Wildman–Crippen LogP) is 2.88. The molecule has 26 nitrogen and oxygen atoms in total. The molecule has 1 aliphatic carbocycles. The van der Waals surface area contributed by atoms with Gasteiger partial charge in [-0.1, -0.05) is 42.8 Å². The highest BCUT2D eigenvalue weighted by Crippen LogP contribution is 2.52. The van der Waals surface area contributed by atoms with Crippen molar-refractivity contribution in [2.45, 2.75) is 146 Å². The zero-order valence-electron chi connectivity index (χ0n) is 42.5. The van der Waals surface area contributed by atoms with Crippen LogP contribution < -0.4 is 41.7 Å². The molecule has 77 heavy (non-hydrogen) atoms. The van der Waals surface area contributed by atoms with Gasteiger partial charge in [-0.25, -0.2) is 27.5 Å². The van der Waals surface area contributed by atoms with Crippen molar-refractivity contribution in [3.63, 3.8) is 0 Å². The van der Waals surface area contributed by atoms with Crippen molar-refractivity contribution in [2.75, 3.05) is 13.2 Å². The van der Waals surface area contributed by atoms with E-state index in [2.05, 4.69) is 10.2 Å². The summed E-state index contributed by atoms with van der Waals surface area (Å²) in [5.74, 6) is -7.79. The van der Waals surface area contributed by atoms with Gasteiger partial charge < -0.3 is 48.4 Å². The highest BCUT2D eigenvalue weighted by molar-refractivity contribution is 7.52. The number of carbonyl (C=O) groups is 2. The first-order valence-corrected chi connectivity index (χ1v) is 27.2. The second kappa shape index (κ2) is 24.5. The molecule has 0 spiro atoms. The summed E-state index contributed by atoms with van der Waals surface area (Å²) in [7, 11) is -9.10. The standard InChI is InChI=1S/C25H33FN3O10P.C22H29FN3O10P/c1-16(20(31)37-17-9-5-3-6-10-17)28-40(35,39-18-11-7-4-8-12-18)36-15-25(26)21(32)24(2,34)22(38-25)29-14-13-19(30)27-23(29)33;1-13(2)34-17(28)14(3)25-37(32,36-15-8-6-5-7-9-15)33-12-22(23)18(29)21(4,31)19(35-22)26-11-10-16(27)24-20(26)30/h4,7-8,11-14,16-17,21-22,32,34H,3,5-6,9-10,15H2,1-2H3,(H,28,35)(H,27,30,33);5-11,13-14,18-19,29,31H,12H2,1-4H3,(H,25,32)(H,24,27,30)/t16?,21-,22+,24+,25+,40?;14?,18-,19+,21+,22+,37?/m00/s1. The Kier molecular flexibility index (Phi) is 19.3. The van der Waals surface area contributed by atoms with Gasteiger partial charge in [0, 0.05) is 24.5 Å². The maximum absolute atomic E-state index is 16.0. The van der Waals surface area contributed by atoms with E-state index in [4.69, 9.17) is 37.0 Å². The van der Waals surface area contributed by atoms with Gasteiger partial charge in [-0.15, -0.1) is 0 Å². The predicted molar refractivity (Wildman–Crippen MR) is 264 cm³/mol. The first-order chi connectivity index (χ1) is 36.0. The van der Waals surface area contributed by atoms with Crippen LogP contribution in [0.4, 0.5) is 8.78 Å². The Morgan fingerprint density at radius 3 is 1.44 bits per heavy atom. The van der Waals surface area contributed by atoms with E-state index in [-0.39, 0.29) is 17.6 Å². The van der Waals surface area contributed by atoms with Crippen LogP contribution in [0.25, 0.3) is 0 Å². The molecule has 2 aromatic carbocycles. The summed E-state index contributed by atoms with van der Waals surface area (Å²) in [6, 6.07) is 14.9. The van der Waals surface area contributed by atoms with Gasteiger partial charge in [0.1, 0.15) is 66.3 Å². The Morgan fingerprint density at radius 1 is 0.675 bits per heavy atom. The fourth-order valence-corrected chi connectivity index (χ4v) is 11.1. The number of nitrogens with zero attached hydrogens (tertiary/aromatic N) is 2. The Balaban J connectivity index is 0.000000250. The molecule has 1 saturated carbocycles. The summed E-state index contributed by atoms with van der Waals surface area (Å²) < 4.78 is 103. The number of hydrogen-bond donors (Lipinski definition) is 8. The number of benzene rings is 2. The Bertz CT molecular complexity index is 3010. The minimum Gasteiger partial charge on any atom is -0.462 e. The molecule has 7 rings (SSSR count). The minimum absolute atomic E-state index is 0.0493. The fraction of sp³-hybridized carbons (Fsp3) is 0.532. The number of aliphatic hydroxyl groups is 4. The monoisotopic (exact) mass is 1130 g/mol. The SMILES string of the molecule is CC(C)OC(=O)C(C)NP(=O)(OC[C@@]1(F)O[C@@H](n2ccc(=O)[nH]c2=O)[C@](C)(O)[C@@H]1O)Oc1ccccc1.CC(NP(=O)(OC[C@@]1(F)O[C@@H](n2ccc(=O)[nH]c2=O)[C@](C)(O)[C@@H]1O)Oc1ccccc1)C(=O)OC1CCCCC1. The van der Waals surface area contributed by atoms with Gasteiger partial charge in [0.05, 0.1) is 6.10 Å². The van der Waals surface area contributed by atoms with E-state index in [0.29, 0.717) is 22.0 Å². The molecular formula is C47H62F2N6O20P2. The smallest absolute Gasteiger partial charge is 0.459 e. The van der Waals surface area contributed by atoms with Crippen molar-refractivity contribution >= 4 is 27.4 Å². The molecular weight excluding hydrogens is 1070 g/mol. The zero-order chi connectivity index (χ0) is 56.7. The van der Waals surface area contributed by atoms with Crippen LogP contribution in [-0.4, -0.2) is 124 Å². The number of H-pyrrole nitrogens is 2. The summed E-state index contributed by atoms with van der Waals surface area (Å²) in [4.78, 5) is 76.1. The van der Waals surface area contributed by atoms with Gasteiger partial charge in [-0.05, 0) is 91.5 Å². The summed E-state index contributed by atoms with van der Waals surface area (Å²) in [5, 5.41) is 47.6. The van der Waals surface area contributed by atoms with Gasteiger partial charge in [0.25, 0.3) is 22.8 Å². The molecule has 3 fully saturated rings. The summed E-state index contributed by atoms with van der Waals surface area (Å²) in [6.07, 6.45) is -2.71. The molecule has 4 aromatic rings. The van der Waals surface area contributed by atoms with E-state index in [0.717, 1.165) is 57.6 Å². The van der Waals surface area contributed by atoms with Crippen molar-refractivity contribution in [2.24, 2.45) is 0 Å². The summed E-state index contributed by atoms with van der Waals surface area (Å²) in [5.41, 5.74) is -8.34. The number of rotatable bonds is 20.